The zero-order valence-electron chi connectivity index (χ0n) is 7.17. The largest absolute Gasteiger partial charge is 0.465 e. The molecule has 0 bridgehead atoms. The predicted octanol–water partition coefficient (Wildman–Crippen LogP) is 2.09. The van der Waals surface area contributed by atoms with Crippen molar-refractivity contribution in [3.63, 3.8) is 0 Å². The minimum absolute atomic E-state index is 0.161. The van der Waals surface area contributed by atoms with E-state index in [1.54, 1.807) is 6.07 Å². The molecule has 0 spiro atoms. The molecule has 0 N–H and O–H groups in total. The number of carbonyl (C=O) groups is 1. The van der Waals surface area contributed by atoms with Crippen LogP contribution < -0.4 is 0 Å². The van der Waals surface area contributed by atoms with Crippen molar-refractivity contribution in [1.29, 1.82) is 5.26 Å². The van der Waals surface area contributed by atoms with Crippen LogP contribution in [0.1, 0.15) is 15.9 Å². The van der Waals surface area contributed by atoms with E-state index in [-0.39, 0.29) is 11.1 Å². The van der Waals surface area contributed by atoms with Gasteiger partial charge in [0.05, 0.1) is 18.2 Å². The Hall–Kier alpha value is -1.16. The van der Waals surface area contributed by atoms with E-state index in [9.17, 15) is 9.18 Å². The van der Waals surface area contributed by atoms with E-state index in [0.717, 1.165) is 6.07 Å². The van der Waals surface area contributed by atoms with E-state index in [4.69, 9.17) is 5.26 Å². The lowest BCUT2D eigenvalue weighted by Gasteiger charge is -2.03. The van der Waals surface area contributed by atoms with Gasteiger partial charge in [0.15, 0.2) is 0 Å². The molecule has 0 aliphatic heterocycles. The molecule has 0 aromatic heterocycles. The first-order valence-electron chi connectivity index (χ1n) is 3.57. The molecule has 0 aliphatic carbocycles. The number of halogens is 2. The summed E-state index contributed by atoms with van der Waals surface area (Å²) in [5.74, 6) is -1.21. The van der Waals surface area contributed by atoms with Crippen molar-refractivity contribution in [2.45, 2.75) is 0 Å². The minimum Gasteiger partial charge on any atom is -0.465 e. The Morgan fingerprint density at radius 1 is 1.64 bits per heavy atom. The third-order valence-corrected chi connectivity index (χ3v) is 2.47. The van der Waals surface area contributed by atoms with Gasteiger partial charge < -0.3 is 4.74 Å². The predicted molar refractivity (Wildman–Crippen MR) is 55.2 cm³/mol. The van der Waals surface area contributed by atoms with Gasteiger partial charge in [-0.25, -0.2) is 9.18 Å². The van der Waals surface area contributed by atoms with Gasteiger partial charge in [0.1, 0.15) is 11.9 Å². The van der Waals surface area contributed by atoms with Crippen molar-refractivity contribution in [2.24, 2.45) is 0 Å². The summed E-state index contributed by atoms with van der Waals surface area (Å²) in [6.45, 7) is 0. The van der Waals surface area contributed by atoms with E-state index in [2.05, 4.69) is 4.74 Å². The van der Waals surface area contributed by atoms with Crippen molar-refractivity contribution in [3.8, 4) is 6.07 Å². The lowest BCUT2D eigenvalue weighted by Crippen LogP contribution is -2.05. The number of ether oxygens (including phenoxy) is 1. The number of esters is 1. The summed E-state index contributed by atoms with van der Waals surface area (Å²) in [5.41, 5.74) is 0.0388. The van der Waals surface area contributed by atoms with Crippen LogP contribution in [0.15, 0.2) is 12.1 Å². The molecule has 0 saturated heterocycles. The molecular weight excluding hydrogens is 300 g/mol. The van der Waals surface area contributed by atoms with Crippen LogP contribution >= 0.6 is 22.6 Å². The van der Waals surface area contributed by atoms with Crippen LogP contribution in [-0.2, 0) is 4.74 Å². The molecule has 0 heterocycles. The highest BCUT2D eigenvalue weighted by Gasteiger charge is 2.14. The maximum absolute atomic E-state index is 13.0. The SMILES string of the molecule is COC(=O)c1cc(C#N)c(F)cc1I. The summed E-state index contributed by atoms with van der Waals surface area (Å²) in [5, 5.41) is 8.54. The summed E-state index contributed by atoms with van der Waals surface area (Å²) in [4.78, 5) is 11.2. The van der Waals surface area contributed by atoms with Gasteiger partial charge in [-0.15, -0.1) is 0 Å². The first-order valence-corrected chi connectivity index (χ1v) is 4.65. The molecule has 1 aromatic rings. The molecule has 0 aliphatic rings. The molecule has 0 fully saturated rings. The molecule has 0 unspecified atom stereocenters. The standard InChI is InChI=1S/C9H5FINO2/c1-14-9(13)6-2-5(4-12)7(10)3-8(6)11/h2-3H,1H3. The first kappa shape index (κ1) is 10.9. The maximum atomic E-state index is 13.0. The number of carbonyl (C=O) groups excluding carboxylic acids is 1. The molecule has 0 amide bonds. The third kappa shape index (κ3) is 2.01. The average molecular weight is 305 g/mol. The van der Waals surface area contributed by atoms with Crippen LogP contribution in [-0.4, -0.2) is 13.1 Å². The van der Waals surface area contributed by atoms with E-state index in [1.165, 1.54) is 13.2 Å². The van der Waals surface area contributed by atoms with E-state index in [0.29, 0.717) is 3.57 Å². The van der Waals surface area contributed by atoms with Gasteiger partial charge in [0.25, 0.3) is 0 Å². The summed E-state index contributed by atoms with van der Waals surface area (Å²) in [7, 11) is 1.23. The Kier molecular flexibility index (Phi) is 3.41. The topological polar surface area (TPSA) is 50.1 Å². The molecule has 5 heteroatoms. The Balaban J connectivity index is 3.33. The minimum atomic E-state index is -0.635. The highest BCUT2D eigenvalue weighted by Crippen LogP contribution is 2.18. The Bertz CT molecular complexity index is 426. The number of nitrogens with zero attached hydrogens (tertiary/aromatic N) is 1. The molecule has 72 valence electrons. The average Bonchev–Trinajstić information content (AvgIpc) is 2.17. The number of hydrogen-bond acceptors (Lipinski definition) is 3. The molecule has 0 radical (unpaired) electrons. The van der Waals surface area contributed by atoms with Gasteiger partial charge in [-0.1, -0.05) is 0 Å². The number of methoxy groups -OCH3 is 1. The quantitative estimate of drug-likeness (QED) is 0.590. The molecular formula is C9H5FINO2. The zero-order chi connectivity index (χ0) is 10.7. The number of benzene rings is 1. The van der Waals surface area contributed by atoms with Gasteiger partial charge >= 0.3 is 5.97 Å². The lowest BCUT2D eigenvalue weighted by atomic mass is 10.1. The highest BCUT2D eigenvalue weighted by molar-refractivity contribution is 14.1. The van der Waals surface area contributed by atoms with Gasteiger partial charge in [-0.05, 0) is 34.7 Å². The van der Waals surface area contributed by atoms with Crippen molar-refractivity contribution in [3.05, 3.63) is 32.6 Å². The summed E-state index contributed by atoms with van der Waals surface area (Å²) < 4.78 is 17.9. The highest BCUT2D eigenvalue weighted by atomic mass is 127. The number of rotatable bonds is 1. The van der Waals surface area contributed by atoms with Crippen LogP contribution in [0.25, 0.3) is 0 Å². The normalized spacial score (nSPS) is 9.29. The number of hydrogen-bond donors (Lipinski definition) is 0. The van der Waals surface area contributed by atoms with Crippen molar-refractivity contribution in [2.75, 3.05) is 7.11 Å². The fourth-order valence-corrected chi connectivity index (χ4v) is 1.55. The molecule has 1 rings (SSSR count). The third-order valence-electron chi connectivity index (χ3n) is 1.58. The second kappa shape index (κ2) is 4.37. The van der Waals surface area contributed by atoms with Gasteiger partial charge in [0, 0.05) is 3.57 Å². The van der Waals surface area contributed by atoms with Crippen LogP contribution in [0, 0.1) is 20.7 Å². The van der Waals surface area contributed by atoms with Crippen molar-refractivity contribution in [1.82, 2.24) is 0 Å². The van der Waals surface area contributed by atoms with E-state index >= 15 is 0 Å². The van der Waals surface area contributed by atoms with Gasteiger partial charge in [-0.3, -0.25) is 0 Å². The summed E-state index contributed by atoms with van der Waals surface area (Å²) in [6, 6.07) is 3.97. The van der Waals surface area contributed by atoms with Crippen LogP contribution in [0.2, 0.25) is 0 Å². The zero-order valence-corrected chi connectivity index (χ0v) is 9.33. The Morgan fingerprint density at radius 2 is 2.29 bits per heavy atom. The second-order valence-electron chi connectivity index (χ2n) is 2.42. The molecule has 14 heavy (non-hydrogen) atoms. The molecule has 0 saturated carbocycles. The molecule has 1 aromatic carbocycles. The van der Waals surface area contributed by atoms with Gasteiger partial charge in [-0.2, -0.15) is 5.26 Å². The lowest BCUT2D eigenvalue weighted by molar-refractivity contribution is 0.0599. The second-order valence-corrected chi connectivity index (χ2v) is 3.58. The van der Waals surface area contributed by atoms with E-state index in [1.807, 2.05) is 22.6 Å². The van der Waals surface area contributed by atoms with Crippen LogP contribution in [0.4, 0.5) is 4.39 Å². The van der Waals surface area contributed by atoms with Crippen molar-refractivity contribution >= 4 is 28.6 Å². The van der Waals surface area contributed by atoms with E-state index < -0.39 is 11.8 Å². The van der Waals surface area contributed by atoms with Gasteiger partial charge in [0.2, 0.25) is 0 Å². The first-order chi connectivity index (χ1) is 6.60. The fourth-order valence-electron chi connectivity index (χ4n) is 0.901. The smallest absolute Gasteiger partial charge is 0.338 e. The Morgan fingerprint density at radius 3 is 2.79 bits per heavy atom. The molecule has 0 atom stereocenters. The van der Waals surface area contributed by atoms with Crippen molar-refractivity contribution < 1.29 is 13.9 Å². The Labute approximate surface area is 93.6 Å². The summed E-state index contributed by atoms with van der Waals surface area (Å²) >= 11 is 1.81. The number of nitriles is 1. The molecule has 3 nitrogen and oxygen atoms in total. The fraction of sp³-hybridized carbons (Fsp3) is 0.111. The maximum Gasteiger partial charge on any atom is 0.338 e. The monoisotopic (exact) mass is 305 g/mol. The van der Waals surface area contributed by atoms with Crippen LogP contribution in [0.3, 0.4) is 0 Å². The van der Waals surface area contributed by atoms with Crippen LogP contribution in [0.5, 0.6) is 0 Å². The summed E-state index contributed by atoms with van der Waals surface area (Å²) in [6.07, 6.45) is 0.